The molecular weight excluding hydrogens is 167 g/mol. The van der Waals surface area contributed by atoms with Gasteiger partial charge < -0.3 is 5.11 Å². The summed E-state index contributed by atoms with van der Waals surface area (Å²) < 4.78 is 12.6. The van der Waals surface area contributed by atoms with E-state index in [1.165, 1.54) is 12.1 Å². The van der Waals surface area contributed by atoms with Gasteiger partial charge in [0.2, 0.25) is 0 Å². The second kappa shape index (κ2) is 4.77. The molecule has 0 radical (unpaired) electrons. The zero-order chi connectivity index (χ0) is 9.68. The molecule has 0 aromatic heterocycles. The molecule has 0 spiro atoms. The molecule has 0 aliphatic carbocycles. The van der Waals surface area contributed by atoms with Crippen LogP contribution in [0.3, 0.4) is 0 Å². The minimum atomic E-state index is -0.233. The van der Waals surface area contributed by atoms with E-state index in [0.29, 0.717) is 0 Å². The third-order valence-corrected chi connectivity index (χ3v) is 1.93. The van der Waals surface area contributed by atoms with Crippen LogP contribution in [0.25, 0.3) is 5.57 Å². The number of halogens is 1. The minimum Gasteiger partial charge on any atom is -0.392 e. The Bertz CT molecular complexity index is 287. The van der Waals surface area contributed by atoms with E-state index in [4.69, 9.17) is 5.11 Å². The van der Waals surface area contributed by atoms with Crippen molar-refractivity contribution in [3.05, 3.63) is 41.7 Å². The second-order valence-corrected chi connectivity index (χ2v) is 2.77. The number of allylic oxidation sites excluding steroid dienone is 1. The molecule has 0 amide bonds. The number of benzene rings is 1. The van der Waals surface area contributed by atoms with E-state index in [0.717, 1.165) is 17.6 Å². The number of aliphatic hydroxyl groups excluding tert-OH is 1. The third-order valence-electron chi connectivity index (χ3n) is 1.93. The van der Waals surface area contributed by atoms with Crippen LogP contribution in [0.2, 0.25) is 0 Å². The van der Waals surface area contributed by atoms with E-state index >= 15 is 0 Å². The first-order valence-electron chi connectivity index (χ1n) is 4.33. The molecular formula is C11H13FO. The summed E-state index contributed by atoms with van der Waals surface area (Å²) in [6.07, 6.45) is 2.58. The van der Waals surface area contributed by atoms with Crippen molar-refractivity contribution in [1.82, 2.24) is 0 Å². The van der Waals surface area contributed by atoms with Crippen LogP contribution in [-0.2, 0) is 0 Å². The Balaban J connectivity index is 2.92. The van der Waals surface area contributed by atoms with Crippen molar-refractivity contribution >= 4 is 5.57 Å². The molecule has 2 heteroatoms. The maximum Gasteiger partial charge on any atom is 0.123 e. The van der Waals surface area contributed by atoms with Gasteiger partial charge in [-0.25, -0.2) is 4.39 Å². The lowest BCUT2D eigenvalue weighted by Gasteiger charge is -2.03. The number of rotatable bonds is 3. The van der Waals surface area contributed by atoms with Gasteiger partial charge in [-0.05, 0) is 29.7 Å². The van der Waals surface area contributed by atoms with Gasteiger partial charge in [0.05, 0.1) is 6.61 Å². The fourth-order valence-corrected chi connectivity index (χ4v) is 1.24. The van der Waals surface area contributed by atoms with Crippen molar-refractivity contribution in [2.75, 3.05) is 6.61 Å². The highest BCUT2D eigenvalue weighted by Gasteiger charge is 1.98. The van der Waals surface area contributed by atoms with Gasteiger partial charge in [-0.2, -0.15) is 0 Å². The first-order chi connectivity index (χ1) is 6.27. The normalized spacial score (nSPS) is 11.8. The number of aliphatic hydroxyl groups is 1. The largest absolute Gasteiger partial charge is 0.392 e. The van der Waals surface area contributed by atoms with Crippen molar-refractivity contribution in [3.8, 4) is 0 Å². The summed E-state index contributed by atoms with van der Waals surface area (Å²) in [6.45, 7) is 2.03. The lowest BCUT2D eigenvalue weighted by molar-refractivity contribution is 0.343. The van der Waals surface area contributed by atoms with Crippen molar-refractivity contribution in [3.63, 3.8) is 0 Å². The first-order valence-corrected chi connectivity index (χ1v) is 4.33. The summed E-state index contributed by atoms with van der Waals surface area (Å²) in [5.74, 6) is -0.233. The molecule has 1 N–H and O–H groups in total. The number of hydrogen-bond acceptors (Lipinski definition) is 1. The zero-order valence-corrected chi connectivity index (χ0v) is 7.63. The van der Waals surface area contributed by atoms with Gasteiger partial charge in [0.1, 0.15) is 5.82 Å². The lowest BCUT2D eigenvalue weighted by atomic mass is 10.0. The molecule has 1 aromatic rings. The van der Waals surface area contributed by atoms with E-state index < -0.39 is 0 Å². The van der Waals surface area contributed by atoms with E-state index in [1.807, 2.05) is 6.92 Å². The minimum absolute atomic E-state index is 0.0283. The topological polar surface area (TPSA) is 20.2 Å². The lowest BCUT2D eigenvalue weighted by Crippen LogP contribution is -1.85. The molecule has 13 heavy (non-hydrogen) atoms. The number of hydrogen-bond donors (Lipinski definition) is 1. The smallest absolute Gasteiger partial charge is 0.123 e. The highest BCUT2D eigenvalue weighted by Crippen LogP contribution is 2.17. The fraction of sp³-hybridized carbons (Fsp3) is 0.273. The van der Waals surface area contributed by atoms with E-state index in [-0.39, 0.29) is 12.4 Å². The van der Waals surface area contributed by atoms with Crippen molar-refractivity contribution in [2.45, 2.75) is 13.3 Å². The van der Waals surface area contributed by atoms with Gasteiger partial charge in [0.25, 0.3) is 0 Å². The molecule has 70 valence electrons. The monoisotopic (exact) mass is 180 g/mol. The van der Waals surface area contributed by atoms with Gasteiger partial charge >= 0.3 is 0 Å². The fourth-order valence-electron chi connectivity index (χ4n) is 1.24. The van der Waals surface area contributed by atoms with Gasteiger partial charge in [0.15, 0.2) is 0 Å². The van der Waals surface area contributed by atoms with Crippen LogP contribution >= 0.6 is 0 Å². The molecule has 1 aromatic carbocycles. The van der Waals surface area contributed by atoms with Gasteiger partial charge in [0, 0.05) is 0 Å². The second-order valence-electron chi connectivity index (χ2n) is 2.77. The SMILES string of the molecule is CC/C(=C/CO)c1ccc(F)cc1. The summed E-state index contributed by atoms with van der Waals surface area (Å²) >= 11 is 0. The van der Waals surface area contributed by atoms with Crippen LogP contribution in [0, 0.1) is 5.82 Å². The molecule has 0 heterocycles. The van der Waals surface area contributed by atoms with Crippen LogP contribution < -0.4 is 0 Å². The Morgan fingerprint density at radius 1 is 1.38 bits per heavy atom. The third kappa shape index (κ3) is 2.67. The van der Waals surface area contributed by atoms with Crippen molar-refractivity contribution < 1.29 is 9.50 Å². The van der Waals surface area contributed by atoms with Gasteiger partial charge in [-0.3, -0.25) is 0 Å². The molecule has 1 nitrogen and oxygen atoms in total. The Morgan fingerprint density at radius 3 is 2.46 bits per heavy atom. The van der Waals surface area contributed by atoms with Crippen LogP contribution in [0.4, 0.5) is 4.39 Å². The summed E-state index contributed by atoms with van der Waals surface area (Å²) in [5, 5.41) is 8.73. The van der Waals surface area contributed by atoms with Crippen molar-refractivity contribution in [2.24, 2.45) is 0 Å². The Kier molecular flexibility index (Phi) is 3.65. The molecule has 0 aliphatic rings. The summed E-state index contributed by atoms with van der Waals surface area (Å²) in [6, 6.07) is 6.30. The van der Waals surface area contributed by atoms with E-state index in [1.54, 1.807) is 18.2 Å². The summed E-state index contributed by atoms with van der Waals surface area (Å²) in [7, 11) is 0. The maximum absolute atomic E-state index is 12.6. The molecule has 0 atom stereocenters. The molecule has 0 saturated carbocycles. The predicted octanol–water partition coefficient (Wildman–Crippen LogP) is 2.61. The van der Waals surface area contributed by atoms with Gasteiger partial charge in [-0.1, -0.05) is 25.1 Å². The Morgan fingerprint density at radius 2 is 2.00 bits per heavy atom. The van der Waals surface area contributed by atoms with Crippen LogP contribution in [0.5, 0.6) is 0 Å². The molecule has 0 bridgehead atoms. The maximum atomic E-state index is 12.6. The molecule has 0 aliphatic heterocycles. The molecule has 0 unspecified atom stereocenters. The quantitative estimate of drug-likeness (QED) is 0.758. The molecule has 0 fully saturated rings. The average Bonchev–Trinajstić information content (AvgIpc) is 2.16. The average molecular weight is 180 g/mol. The standard InChI is InChI=1S/C11H13FO/c1-2-9(7-8-13)10-3-5-11(12)6-4-10/h3-7,13H,2,8H2,1H3/b9-7-. The van der Waals surface area contributed by atoms with E-state index in [9.17, 15) is 4.39 Å². The van der Waals surface area contributed by atoms with Crippen LogP contribution in [-0.4, -0.2) is 11.7 Å². The molecule has 0 saturated heterocycles. The summed E-state index contributed by atoms with van der Waals surface area (Å²) in [5.41, 5.74) is 2.01. The molecule has 1 rings (SSSR count). The van der Waals surface area contributed by atoms with Crippen LogP contribution in [0.15, 0.2) is 30.3 Å². The first kappa shape index (κ1) is 9.93. The van der Waals surface area contributed by atoms with Crippen LogP contribution in [0.1, 0.15) is 18.9 Å². The van der Waals surface area contributed by atoms with E-state index in [2.05, 4.69) is 0 Å². The Hall–Kier alpha value is -1.15. The van der Waals surface area contributed by atoms with Gasteiger partial charge in [-0.15, -0.1) is 0 Å². The highest BCUT2D eigenvalue weighted by atomic mass is 19.1. The summed E-state index contributed by atoms with van der Waals surface area (Å²) in [4.78, 5) is 0. The zero-order valence-electron chi connectivity index (χ0n) is 7.63. The predicted molar refractivity (Wildman–Crippen MR) is 51.8 cm³/mol. The Labute approximate surface area is 77.5 Å². The highest BCUT2D eigenvalue weighted by molar-refractivity contribution is 5.65. The van der Waals surface area contributed by atoms with Crippen molar-refractivity contribution in [1.29, 1.82) is 0 Å².